The average molecular weight is 412 g/mol. The quantitative estimate of drug-likeness (QED) is 0.533. The van der Waals surface area contributed by atoms with E-state index in [1.54, 1.807) is 25.3 Å². The normalized spacial score (nSPS) is 16.0. The Morgan fingerprint density at radius 3 is 2.57 bits per heavy atom. The molecule has 1 saturated heterocycles. The number of benzene rings is 2. The number of hydrogen-bond acceptors (Lipinski definition) is 6. The van der Waals surface area contributed by atoms with Crippen LogP contribution in [0.25, 0.3) is 0 Å². The Morgan fingerprint density at radius 1 is 1.17 bits per heavy atom. The van der Waals surface area contributed by atoms with Crippen molar-refractivity contribution in [3.05, 3.63) is 59.7 Å². The number of carbonyl (C=O) groups excluding carboxylic acids is 1. The zero-order valence-electron chi connectivity index (χ0n) is 17.8. The van der Waals surface area contributed by atoms with Crippen molar-refractivity contribution in [3.8, 4) is 11.5 Å². The molecule has 0 aromatic heterocycles. The summed E-state index contributed by atoms with van der Waals surface area (Å²) < 4.78 is 16.3. The molecule has 1 atom stereocenters. The summed E-state index contributed by atoms with van der Waals surface area (Å²) in [5, 5.41) is 4.43. The molecule has 1 heterocycles. The molecule has 0 saturated carbocycles. The number of nitrogens with one attached hydrogen (secondary N) is 1. The van der Waals surface area contributed by atoms with E-state index in [1.165, 1.54) is 0 Å². The highest BCUT2D eigenvalue weighted by Gasteiger charge is 2.25. The van der Waals surface area contributed by atoms with Gasteiger partial charge in [-0.25, -0.2) is 5.43 Å². The van der Waals surface area contributed by atoms with E-state index >= 15 is 0 Å². The molecule has 2 aromatic carbocycles. The lowest BCUT2D eigenvalue weighted by molar-refractivity contribution is 0.0285. The maximum absolute atomic E-state index is 12.7. The molecular weight excluding hydrogens is 382 g/mol. The van der Waals surface area contributed by atoms with Crippen molar-refractivity contribution in [1.82, 2.24) is 10.3 Å². The fraction of sp³-hybridized carbons (Fsp3) is 0.391. The topological polar surface area (TPSA) is 72.4 Å². The lowest BCUT2D eigenvalue weighted by Crippen LogP contribution is -2.42. The molecule has 1 N–H and O–H groups in total. The van der Waals surface area contributed by atoms with E-state index in [1.807, 2.05) is 32.0 Å². The largest absolute Gasteiger partial charge is 0.493 e. The van der Waals surface area contributed by atoms with E-state index in [0.717, 1.165) is 24.4 Å². The van der Waals surface area contributed by atoms with Gasteiger partial charge in [0.25, 0.3) is 5.91 Å². The first-order chi connectivity index (χ1) is 14.6. The van der Waals surface area contributed by atoms with Crippen LogP contribution < -0.4 is 14.9 Å². The van der Waals surface area contributed by atoms with Crippen molar-refractivity contribution in [2.45, 2.75) is 19.9 Å². The van der Waals surface area contributed by atoms with Gasteiger partial charge in [-0.15, -0.1) is 0 Å². The first kappa shape index (κ1) is 21.8. The number of hydrogen-bond donors (Lipinski definition) is 1. The van der Waals surface area contributed by atoms with Gasteiger partial charge in [0.15, 0.2) is 11.5 Å². The van der Waals surface area contributed by atoms with Crippen LogP contribution in [0, 0.1) is 0 Å². The number of hydrazone groups is 1. The molecule has 1 aliphatic heterocycles. The van der Waals surface area contributed by atoms with Crippen LogP contribution in [0.4, 0.5) is 0 Å². The minimum Gasteiger partial charge on any atom is -0.493 e. The second-order valence-corrected chi connectivity index (χ2v) is 6.95. The standard InChI is InChI=1S/C23H29N3O4/c1-4-30-20-11-10-19(16-21(20)28-3)23(27)25-24-17(2)22(18-8-6-5-7-9-18)26-12-14-29-15-13-26/h5-11,16,22H,4,12-15H2,1-3H3,(H,25,27)/b24-17-/t22-/m0/s1. The fourth-order valence-corrected chi connectivity index (χ4v) is 3.54. The van der Waals surface area contributed by atoms with Crippen molar-refractivity contribution >= 4 is 11.6 Å². The maximum Gasteiger partial charge on any atom is 0.271 e. The van der Waals surface area contributed by atoms with Gasteiger partial charge in [-0.05, 0) is 37.6 Å². The average Bonchev–Trinajstić information content (AvgIpc) is 2.79. The van der Waals surface area contributed by atoms with Crippen LogP contribution in [0.15, 0.2) is 53.6 Å². The number of ether oxygens (including phenoxy) is 3. The first-order valence-electron chi connectivity index (χ1n) is 10.2. The second-order valence-electron chi connectivity index (χ2n) is 6.95. The summed E-state index contributed by atoms with van der Waals surface area (Å²) in [6.45, 7) is 7.37. The maximum atomic E-state index is 12.7. The minimum absolute atomic E-state index is 0.0229. The lowest BCUT2D eigenvalue weighted by atomic mass is 10.0. The van der Waals surface area contributed by atoms with E-state index < -0.39 is 0 Å². The predicted octanol–water partition coefficient (Wildman–Crippen LogP) is 3.27. The molecule has 1 aliphatic rings. The highest BCUT2D eigenvalue weighted by atomic mass is 16.5. The molecule has 1 amide bonds. The molecule has 0 aliphatic carbocycles. The summed E-state index contributed by atoms with van der Waals surface area (Å²) in [6.07, 6.45) is 0. The van der Waals surface area contributed by atoms with Gasteiger partial charge < -0.3 is 14.2 Å². The highest BCUT2D eigenvalue weighted by Crippen LogP contribution is 2.28. The molecule has 0 unspecified atom stereocenters. The van der Waals surface area contributed by atoms with E-state index in [2.05, 4.69) is 27.6 Å². The highest BCUT2D eigenvalue weighted by molar-refractivity contribution is 5.96. The van der Waals surface area contributed by atoms with Crippen LogP contribution in [-0.4, -0.2) is 56.5 Å². The zero-order chi connectivity index (χ0) is 21.3. The van der Waals surface area contributed by atoms with Gasteiger partial charge in [0.1, 0.15) is 0 Å². The molecular formula is C23H29N3O4. The summed E-state index contributed by atoms with van der Waals surface area (Å²) in [6, 6.07) is 15.2. The summed E-state index contributed by atoms with van der Waals surface area (Å²) in [7, 11) is 1.55. The zero-order valence-corrected chi connectivity index (χ0v) is 17.8. The number of nitrogens with zero attached hydrogens (tertiary/aromatic N) is 2. The molecule has 0 spiro atoms. The molecule has 30 heavy (non-hydrogen) atoms. The smallest absolute Gasteiger partial charge is 0.271 e. The lowest BCUT2D eigenvalue weighted by Gasteiger charge is -2.34. The molecule has 7 heteroatoms. The van der Waals surface area contributed by atoms with Crippen LogP contribution in [0.2, 0.25) is 0 Å². The number of amides is 1. The Hall–Kier alpha value is -2.90. The van der Waals surface area contributed by atoms with Crippen molar-refractivity contribution in [3.63, 3.8) is 0 Å². The Morgan fingerprint density at radius 2 is 1.90 bits per heavy atom. The van der Waals surface area contributed by atoms with Crippen molar-refractivity contribution < 1.29 is 19.0 Å². The molecule has 160 valence electrons. The Bertz CT molecular complexity index is 864. The van der Waals surface area contributed by atoms with E-state index in [-0.39, 0.29) is 11.9 Å². The van der Waals surface area contributed by atoms with Gasteiger partial charge in [-0.1, -0.05) is 30.3 Å². The Kier molecular flexibility index (Phi) is 7.82. The molecule has 0 bridgehead atoms. The van der Waals surface area contributed by atoms with Gasteiger partial charge in [0.2, 0.25) is 0 Å². The van der Waals surface area contributed by atoms with Crippen LogP contribution >= 0.6 is 0 Å². The van der Waals surface area contributed by atoms with Crippen LogP contribution in [-0.2, 0) is 4.74 Å². The van der Waals surface area contributed by atoms with Crippen LogP contribution in [0.3, 0.4) is 0 Å². The van der Waals surface area contributed by atoms with E-state index in [4.69, 9.17) is 14.2 Å². The van der Waals surface area contributed by atoms with E-state index in [0.29, 0.717) is 36.9 Å². The Labute approximate surface area is 177 Å². The second kappa shape index (κ2) is 10.8. The van der Waals surface area contributed by atoms with Crippen molar-refractivity contribution in [1.29, 1.82) is 0 Å². The number of methoxy groups -OCH3 is 1. The van der Waals surface area contributed by atoms with Gasteiger partial charge in [-0.2, -0.15) is 5.10 Å². The summed E-state index contributed by atoms with van der Waals surface area (Å²) in [4.78, 5) is 15.0. The monoisotopic (exact) mass is 411 g/mol. The first-order valence-corrected chi connectivity index (χ1v) is 10.2. The van der Waals surface area contributed by atoms with Crippen molar-refractivity contribution in [2.75, 3.05) is 40.0 Å². The third-order valence-electron chi connectivity index (χ3n) is 4.98. The van der Waals surface area contributed by atoms with Gasteiger partial charge in [-0.3, -0.25) is 9.69 Å². The van der Waals surface area contributed by atoms with E-state index in [9.17, 15) is 4.79 Å². The number of carbonyl (C=O) groups is 1. The van der Waals surface area contributed by atoms with Crippen LogP contribution in [0.1, 0.15) is 35.8 Å². The minimum atomic E-state index is -0.301. The van der Waals surface area contributed by atoms with Gasteiger partial charge in [0.05, 0.1) is 38.7 Å². The summed E-state index contributed by atoms with van der Waals surface area (Å²) in [5.74, 6) is 0.817. The molecule has 0 radical (unpaired) electrons. The molecule has 7 nitrogen and oxygen atoms in total. The number of morpholine rings is 1. The van der Waals surface area contributed by atoms with Crippen LogP contribution in [0.5, 0.6) is 11.5 Å². The molecule has 1 fully saturated rings. The molecule has 3 rings (SSSR count). The fourth-order valence-electron chi connectivity index (χ4n) is 3.54. The third kappa shape index (κ3) is 5.37. The van der Waals surface area contributed by atoms with Crippen molar-refractivity contribution in [2.24, 2.45) is 5.10 Å². The predicted molar refractivity (Wildman–Crippen MR) is 116 cm³/mol. The summed E-state index contributed by atoms with van der Waals surface area (Å²) >= 11 is 0. The Balaban J connectivity index is 1.77. The van der Waals surface area contributed by atoms with Gasteiger partial charge in [0, 0.05) is 18.7 Å². The summed E-state index contributed by atoms with van der Waals surface area (Å²) in [5.41, 5.74) is 5.09. The SMILES string of the molecule is CCOc1ccc(C(=O)N/N=C(/C)[C@@H](c2ccccc2)N2CCOCC2)cc1OC. The molecule has 2 aromatic rings. The third-order valence-corrected chi connectivity index (χ3v) is 4.98. The number of rotatable bonds is 8. The van der Waals surface area contributed by atoms with Gasteiger partial charge >= 0.3 is 0 Å².